The summed E-state index contributed by atoms with van der Waals surface area (Å²) in [5.41, 5.74) is 5.48. The summed E-state index contributed by atoms with van der Waals surface area (Å²) in [7, 11) is 0. The van der Waals surface area contributed by atoms with Gasteiger partial charge in [0, 0.05) is 18.9 Å². The first-order valence-electron chi connectivity index (χ1n) is 3.44. The van der Waals surface area contributed by atoms with Crippen molar-refractivity contribution in [1.29, 1.82) is 0 Å². The van der Waals surface area contributed by atoms with E-state index < -0.39 is 0 Å². The van der Waals surface area contributed by atoms with Crippen molar-refractivity contribution in [3.63, 3.8) is 0 Å². The Hall–Kier alpha value is -0.700. The van der Waals surface area contributed by atoms with Gasteiger partial charge < -0.3 is 15.3 Å². The molecule has 0 fully saturated rings. The summed E-state index contributed by atoms with van der Waals surface area (Å²) in [5.74, 6) is 0. The van der Waals surface area contributed by atoms with E-state index >= 15 is 0 Å². The molecule has 0 heterocycles. The fourth-order valence-corrected chi connectivity index (χ4v) is 0.705. The highest BCUT2D eigenvalue weighted by Crippen LogP contribution is 1.98. The van der Waals surface area contributed by atoms with Crippen molar-refractivity contribution in [2.75, 3.05) is 0 Å². The maximum Gasteiger partial charge on any atom is 0.121 e. The van der Waals surface area contributed by atoms with E-state index in [-0.39, 0.29) is 6.04 Å². The van der Waals surface area contributed by atoms with Crippen LogP contribution in [0.2, 0.25) is 0 Å². The van der Waals surface area contributed by atoms with Gasteiger partial charge in [-0.25, -0.2) is 0 Å². The first kappa shape index (κ1) is 9.30. The van der Waals surface area contributed by atoms with E-state index in [1.54, 1.807) is 0 Å². The van der Waals surface area contributed by atoms with E-state index in [0.717, 1.165) is 25.4 Å². The number of rotatable bonds is 6. The molecule has 0 aromatic carbocycles. The maximum atomic E-state index is 9.90. The molecule has 0 aliphatic rings. The molecule has 1 unspecified atom stereocenters. The first-order valence-corrected chi connectivity index (χ1v) is 3.44. The SMILES string of the molecule is NC(CC=O)CCCC=O. The second-order valence-electron chi connectivity index (χ2n) is 2.26. The highest BCUT2D eigenvalue weighted by molar-refractivity contribution is 5.50. The molecule has 1 atom stereocenters. The third kappa shape index (κ3) is 5.44. The Balaban J connectivity index is 3.11. The summed E-state index contributed by atoms with van der Waals surface area (Å²) in [5, 5.41) is 0. The van der Waals surface area contributed by atoms with Crippen molar-refractivity contribution < 1.29 is 9.59 Å². The molecular formula is C7H13NO2. The van der Waals surface area contributed by atoms with Crippen LogP contribution in [0.5, 0.6) is 0 Å². The predicted molar refractivity (Wildman–Crippen MR) is 38.6 cm³/mol. The summed E-state index contributed by atoms with van der Waals surface area (Å²) < 4.78 is 0. The highest BCUT2D eigenvalue weighted by atomic mass is 16.1. The van der Waals surface area contributed by atoms with Crippen molar-refractivity contribution in [2.45, 2.75) is 31.7 Å². The maximum absolute atomic E-state index is 9.90. The average molecular weight is 143 g/mol. The van der Waals surface area contributed by atoms with Gasteiger partial charge >= 0.3 is 0 Å². The van der Waals surface area contributed by atoms with Crippen LogP contribution in [0.15, 0.2) is 0 Å². The zero-order chi connectivity index (χ0) is 7.82. The number of hydrogen-bond donors (Lipinski definition) is 1. The summed E-state index contributed by atoms with van der Waals surface area (Å²) in [6, 6.07) is -0.0579. The highest BCUT2D eigenvalue weighted by Gasteiger charge is 1.99. The largest absolute Gasteiger partial charge is 0.327 e. The van der Waals surface area contributed by atoms with Crippen LogP contribution in [-0.4, -0.2) is 18.6 Å². The van der Waals surface area contributed by atoms with Crippen LogP contribution in [0.1, 0.15) is 25.7 Å². The zero-order valence-electron chi connectivity index (χ0n) is 5.95. The molecule has 0 rings (SSSR count). The number of carbonyl (C=O) groups excluding carboxylic acids is 2. The van der Waals surface area contributed by atoms with Gasteiger partial charge in [-0.1, -0.05) is 0 Å². The topological polar surface area (TPSA) is 60.2 Å². The van der Waals surface area contributed by atoms with Crippen LogP contribution in [0, 0.1) is 0 Å². The second kappa shape index (κ2) is 6.42. The van der Waals surface area contributed by atoms with E-state index in [4.69, 9.17) is 5.73 Å². The van der Waals surface area contributed by atoms with Crippen molar-refractivity contribution in [3.05, 3.63) is 0 Å². The first-order chi connectivity index (χ1) is 4.81. The molecule has 0 aliphatic carbocycles. The van der Waals surface area contributed by atoms with E-state index in [1.165, 1.54) is 0 Å². The minimum Gasteiger partial charge on any atom is -0.327 e. The lowest BCUT2D eigenvalue weighted by molar-refractivity contribution is -0.108. The molecule has 0 bridgehead atoms. The Kier molecular flexibility index (Phi) is 5.97. The quantitative estimate of drug-likeness (QED) is 0.429. The molecule has 58 valence electrons. The van der Waals surface area contributed by atoms with Gasteiger partial charge in [0.2, 0.25) is 0 Å². The molecule has 0 radical (unpaired) electrons. The molecule has 0 aliphatic heterocycles. The third-order valence-electron chi connectivity index (χ3n) is 1.30. The number of hydrogen-bond acceptors (Lipinski definition) is 3. The minimum absolute atomic E-state index is 0.0579. The van der Waals surface area contributed by atoms with Gasteiger partial charge in [-0.15, -0.1) is 0 Å². The predicted octanol–water partition coefficient (Wildman–Crippen LogP) is 0.272. The Morgan fingerprint density at radius 3 is 2.50 bits per heavy atom. The van der Waals surface area contributed by atoms with Gasteiger partial charge in [0.15, 0.2) is 0 Å². The Morgan fingerprint density at radius 1 is 1.30 bits per heavy atom. The normalized spacial score (nSPS) is 12.5. The fourth-order valence-electron chi connectivity index (χ4n) is 0.705. The second-order valence-corrected chi connectivity index (χ2v) is 2.26. The Bertz CT molecular complexity index is 104. The molecule has 0 aromatic rings. The van der Waals surface area contributed by atoms with Crippen molar-refractivity contribution in [3.8, 4) is 0 Å². The summed E-state index contributed by atoms with van der Waals surface area (Å²) >= 11 is 0. The van der Waals surface area contributed by atoms with Crippen molar-refractivity contribution >= 4 is 12.6 Å². The van der Waals surface area contributed by atoms with E-state index in [2.05, 4.69) is 0 Å². The van der Waals surface area contributed by atoms with Crippen molar-refractivity contribution in [1.82, 2.24) is 0 Å². The smallest absolute Gasteiger partial charge is 0.121 e. The Morgan fingerprint density at radius 2 is 2.00 bits per heavy atom. The summed E-state index contributed by atoms with van der Waals surface area (Å²) in [6.07, 6.45) is 4.18. The van der Waals surface area contributed by atoms with E-state index in [0.29, 0.717) is 12.8 Å². The molecule has 2 N–H and O–H groups in total. The number of carbonyl (C=O) groups is 2. The lowest BCUT2D eigenvalue weighted by Gasteiger charge is -2.04. The van der Waals surface area contributed by atoms with E-state index in [9.17, 15) is 9.59 Å². The molecule has 3 nitrogen and oxygen atoms in total. The van der Waals surface area contributed by atoms with Gasteiger partial charge in [0.1, 0.15) is 12.6 Å². The number of aldehydes is 2. The zero-order valence-corrected chi connectivity index (χ0v) is 5.95. The lowest BCUT2D eigenvalue weighted by Crippen LogP contribution is -2.19. The monoisotopic (exact) mass is 143 g/mol. The molecule has 0 spiro atoms. The minimum atomic E-state index is -0.0579. The lowest BCUT2D eigenvalue weighted by atomic mass is 10.1. The van der Waals surface area contributed by atoms with Crippen LogP contribution in [-0.2, 0) is 9.59 Å². The third-order valence-corrected chi connectivity index (χ3v) is 1.30. The van der Waals surface area contributed by atoms with Crippen LogP contribution in [0.25, 0.3) is 0 Å². The average Bonchev–Trinajstić information content (AvgIpc) is 1.89. The van der Waals surface area contributed by atoms with Crippen molar-refractivity contribution in [2.24, 2.45) is 5.73 Å². The summed E-state index contributed by atoms with van der Waals surface area (Å²) in [4.78, 5) is 19.7. The van der Waals surface area contributed by atoms with Gasteiger partial charge in [-0.05, 0) is 12.8 Å². The number of unbranched alkanes of at least 4 members (excludes halogenated alkanes) is 1. The van der Waals surface area contributed by atoms with Gasteiger partial charge in [0.05, 0.1) is 0 Å². The molecule has 0 aromatic heterocycles. The van der Waals surface area contributed by atoms with Gasteiger partial charge in [-0.2, -0.15) is 0 Å². The molecule has 0 amide bonds. The van der Waals surface area contributed by atoms with Gasteiger partial charge in [-0.3, -0.25) is 0 Å². The fraction of sp³-hybridized carbons (Fsp3) is 0.714. The molecule has 0 saturated carbocycles. The molecule has 0 saturated heterocycles. The molecular weight excluding hydrogens is 130 g/mol. The molecule has 10 heavy (non-hydrogen) atoms. The van der Waals surface area contributed by atoms with E-state index in [1.807, 2.05) is 0 Å². The van der Waals surface area contributed by atoms with Gasteiger partial charge in [0.25, 0.3) is 0 Å². The van der Waals surface area contributed by atoms with Crippen LogP contribution in [0.3, 0.4) is 0 Å². The van der Waals surface area contributed by atoms with Crippen LogP contribution >= 0.6 is 0 Å². The van der Waals surface area contributed by atoms with Crippen LogP contribution < -0.4 is 5.73 Å². The standard InChI is InChI=1S/C7H13NO2/c8-7(4-6-10)3-1-2-5-9/h5-7H,1-4,8H2. The Labute approximate surface area is 60.6 Å². The molecule has 3 heteroatoms. The summed E-state index contributed by atoms with van der Waals surface area (Å²) in [6.45, 7) is 0. The van der Waals surface area contributed by atoms with Crippen LogP contribution in [0.4, 0.5) is 0 Å². The number of nitrogens with two attached hydrogens (primary N) is 1.